The van der Waals surface area contributed by atoms with Crippen LogP contribution in [0, 0.1) is 0 Å². The number of hydrogen-bond donors (Lipinski definition) is 2. The van der Waals surface area contributed by atoms with Gasteiger partial charge in [0.05, 0.1) is 12.2 Å². The number of benzene rings is 1. The number of nitrogens with one attached hydrogen (secondary N) is 1. The molecule has 0 aliphatic carbocycles. The maximum atomic E-state index is 11.8. The van der Waals surface area contributed by atoms with E-state index in [-0.39, 0.29) is 18.2 Å². The molecule has 0 bridgehead atoms. The Morgan fingerprint density at radius 2 is 2.18 bits per heavy atom. The summed E-state index contributed by atoms with van der Waals surface area (Å²) in [5, 5.41) is 4.94. The zero-order chi connectivity index (χ0) is 16.1. The Morgan fingerprint density at radius 1 is 1.41 bits per heavy atom. The summed E-state index contributed by atoms with van der Waals surface area (Å²) in [6, 6.07) is 5.62. The highest BCUT2D eigenvalue weighted by atomic mass is 32.1. The number of Topliss-reactive ketones (excluding diaryl/α,β-unsaturated/α-hetero) is 1. The third kappa shape index (κ3) is 3.66. The fraction of sp³-hybridized carbons (Fsp3) is 0.188. The second-order valence-electron chi connectivity index (χ2n) is 4.65. The molecule has 2 rings (SSSR count). The first-order chi connectivity index (χ1) is 10.5. The first-order valence-electron chi connectivity index (χ1n) is 6.78. The van der Waals surface area contributed by atoms with E-state index < -0.39 is 0 Å². The minimum atomic E-state index is -0.284. The zero-order valence-electron chi connectivity index (χ0n) is 12.4. The van der Waals surface area contributed by atoms with Crippen LogP contribution in [0.15, 0.2) is 29.7 Å². The first kappa shape index (κ1) is 16.1. The van der Waals surface area contributed by atoms with Gasteiger partial charge in [-0.3, -0.25) is 9.59 Å². The van der Waals surface area contributed by atoms with Gasteiger partial charge >= 0.3 is 0 Å². The summed E-state index contributed by atoms with van der Waals surface area (Å²) in [5.74, 6) is -0.282. The molecule has 0 radical (unpaired) electrons. The maximum absolute atomic E-state index is 11.8. The van der Waals surface area contributed by atoms with Crippen LogP contribution >= 0.6 is 11.3 Å². The van der Waals surface area contributed by atoms with Crippen LogP contribution in [0.25, 0.3) is 17.3 Å². The second kappa shape index (κ2) is 7.11. The first-order valence-corrected chi connectivity index (χ1v) is 7.66. The van der Waals surface area contributed by atoms with Crippen molar-refractivity contribution in [3.63, 3.8) is 0 Å². The lowest BCUT2D eigenvalue weighted by molar-refractivity contribution is -0.114. The predicted molar refractivity (Wildman–Crippen MR) is 89.9 cm³/mol. The molecule has 114 valence electrons. The summed E-state index contributed by atoms with van der Waals surface area (Å²) in [6.45, 7) is 3.37. The van der Waals surface area contributed by atoms with Crippen LogP contribution in [0.1, 0.15) is 29.8 Å². The number of anilines is 1. The summed E-state index contributed by atoms with van der Waals surface area (Å²) >= 11 is 1.32. The molecule has 1 aromatic heterocycles. The van der Waals surface area contributed by atoms with Crippen LogP contribution in [0.4, 0.5) is 5.13 Å². The lowest BCUT2D eigenvalue weighted by Gasteiger charge is -2.05. The molecule has 1 aromatic carbocycles. The van der Waals surface area contributed by atoms with Gasteiger partial charge in [0.2, 0.25) is 5.91 Å². The normalized spacial score (nSPS) is 10.9. The maximum Gasteiger partial charge on any atom is 0.239 e. The van der Waals surface area contributed by atoms with E-state index in [4.69, 9.17) is 5.73 Å². The fourth-order valence-corrected chi connectivity index (χ4v) is 2.72. The molecule has 0 saturated heterocycles. The van der Waals surface area contributed by atoms with Gasteiger partial charge in [-0.1, -0.05) is 24.3 Å². The number of nitrogens with zero attached hydrogens (tertiary/aromatic N) is 1. The Hall–Kier alpha value is -2.31. The smallest absolute Gasteiger partial charge is 0.239 e. The molecule has 1 heterocycles. The van der Waals surface area contributed by atoms with E-state index >= 15 is 0 Å². The van der Waals surface area contributed by atoms with E-state index in [9.17, 15) is 9.59 Å². The lowest BCUT2D eigenvalue weighted by atomic mass is 9.99. The van der Waals surface area contributed by atoms with Gasteiger partial charge in [0, 0.05) is 16.5 Å². The Kier molecular flexibility index (Phi) is 5.19. The Bertz CT molecular complexity index is 735. The Labute approximate surface area is 132 Å². The van der Waals surface area contributed by atoms with E-state index in [2.05, 4.69) is 10.3 Å². The van der Waals surface area contributed by atoms with E-state index in [1.54, 1.807) is 6.92 Å². The lowest BCUT2D eigenvalue weighted by Crippen LogP contribution is -2.21. The van der Waals surface area contributed by atoms with Crippen molar-refractivity contribution in [2.75, 3.05) is 11.9 Å². The van der Waals surface area contributed by atoms with Crippen molar-refractivity contribution in [3.8, 4) is 11.3 Å². The van der Waals surface area contributed by atoms with Gasteiger partial charge in [-0.15, -0.1) is 11.3 Å². The summed E-state index contributed by atoms with van der Waals surface area (Å²) in [6.07, 6.45) is 3.79. The third-order valence-corrected chi connectivity index (χ3v) is 3.77. The van der Waals surface area contributed by atoms with Gasteiger partial charge in [-0.05, 0) is 25.5 Å². The summed E-state index contributed by atoms with van der Waals surface area (Å²) < 4.78 is 0. The molecule has 0 fully saturated rings. The highest BCUT2D eigenvalue weighted by Crippen LogP contribution is 2.27. The van der Waals surface area contributed by atoms with Crippen molar-refractivity contribution in [3.05, 3.63) is 40.8 Å². The van der Waals surface area contributed by atoms with Gasteiger partial charge in [0.1, 0.15) is 0 Å². The Balaban J connectivity index is 2.35. The van der Waals surface area contributed by atoms with Gasteiger partial charge in [-0.25, -0.2) is 4.98 Å². The van der Waals surface area contributed by atoms with Gasteiger partial charge < -0.3 is 11.1 Å². The number of thiazole rings is 1. The molecular weight excluding hydrogens is 298 g/mol. The molecule has 3 N–H and O–H groups in total. The van der Waals surface area contributed by atoms with Crippen LogP contribution in [-0.4, -0.2) is 23.2 Å². The highest BCUT2D eigenvalue weighted by Gasteiger charge is 2.11. The van der Waals surface area contributed by atoms with Crippen molar-refractivity contribution in [2.45, 2.75) is 13.8 Å². The quantitative estimate of drug-likeness (QED) is 0.831. The van der Waals surface area contributed by atoms with Gasteiger partial charge in [-0.2, -0.15) is 0 Å². The van der Waals surface area contributed by atoms with Gasteiger partial charge in [0.15, 0.2) is 10.9 Å². The molecular formula is C16H17N3O2S. The number of hydrogen-bond acceptors (Lipinski definition) is 5. The van der Waals surface area contributed by atoms with Crippen molar-refractivity contribution in [2.24, 2.45) is 5.73 Å². The SMILES string of the molecule is C/C=C\c1ccc(-c2csc(NC(=O)CN)n2)cc1C(C)=O. The van der Waals surface area contributed by atoms with Crippen molar-refractivity contribution < 1.29 is 9.59 Å². The van der Waals surface area contributed by atoms with E-state index in [0.717, 1.165) is 11.1 Å². The van der Waals surface area contributed by atoms with Crippen LogP contribution < -0.4 is 11.1 Å². The fourth-order valence-electron chi connectivity index (χ4n) is 1.98. The van der Waals surface area contributed by atoms with Crippen molar-refractivity contribution in [1.82, 2.24) is 4.98 Å². The Morgan fingerprint density at radius 3 is 2.82 bits per heavy atom. The molecule has 22 heavy (non-hydrogen) atoms. The number of nitrogens with two attached hydrogens (primary N) is 1. The van der Waals surface area contributed by atoms with Crippen molar-refractivity contribution in [1.29, 1.82) is 0 Å². The number of allylic oxidation sites excluding steroid dienone is 1. The second-order valence-corrected chi connectivity index (χ2v) is 5.51. The zero-order valence-corrected chi connectivity index (χ0v) is 13.2. The average molecular weight is 315 g/mol. The standard InChI is InChI=1S/C16H17N3O2S/c1-3-4-11-5-6-12(7-13(11)10(2)20)14-9-22-16(18-14)19-15(21)8-17/h3-7,9H,8,17H2,1-2H3,(H,18,19,21)/b4-3-. The molecule has 0 aliphatic rings. The number of rotatable bonds is 5. The van der Waals surface area contributed by atoms with E-state index in [1.807, 2.05) is 42.7 Å². The number of amides is 1. The number of carbonyl (C=O) groups is 2. The monoisotopic (exact) mass is 315 g/mol. The molecule has 0 saturated carbocycles. The van der Waals surface area contributed by atoms with Crippen LogP contribution in [-0.2, 0) is 4.79 Å². The molecule has 1 amide bonds. The topological polar surface area (TPSA) is 85.1 Å². The van der Waals surface area contributed by atoms with Crippen LogP contribution in [0.3, 0.4) is 0 Å². The average Bonchev–Trinajstić information content (AvgIpc) is 2.96. The van der Waals surface area contributed by atoms with Gasteiger partial charge in [0.25, 0.3) is 0 Å². The summed E-state index contributed by atoms with van der Waals surface area (Å²) in [5.41, 5.74) is 8.34. The number of aromatic nitrogens is 1. The van der Waals surface area contributed by atoms with E-state index in [0.29, 0.717) is 16.4 Å². The minimum Gasteiger partial charge on any atom is -0.322 e. The molecule has 5 nitrogen and oxygen atoms in total. The number of ketones is 1. The molecule has 0 atom stereocenters. The third-order valence-electron chi connectivity index (χ3n) is 3.01. The minimum absolute atomic E-state index is 0.00170. The highest BCUT2D eigenvalue weighted by molar-refractivity contribution is 7.14. The predicted octanol–water partition coefficient (Wildman–Crippen LogP) is 2.94. The largest absolute Gasteiger partial charge is 0.322 e. The molecule has 2 aromatic rings. The van der Waals surface area contributed by atoms with Crippen LogP contribution in [0.2, 0.25) is 0 Å². The van der Waals surface area contributed by atoms with E-state index in [1.165, 1.54) is 11.3 Å². The molecule has 6 heteroatoms. The molecule has 0 spiro atoms. The summed E-state index contributed by atoms with van der Waals surface area (Å²) in [4.78, 5) is 27.4. The number of carbonyl (C=O) groups excluding carboxylic acids is 2. The summed E-state index contributed by atoms with van der Waals surface area (Å²) in [7, 11) is 0. The molecule has 0 aliphatic heterocycles. The molecule has 0 unspecified atom stereocenters. The van der Waals surface area contributed by atoms with Crippen LogP contribution in [0.5, 0.6) is 0 Å². The van der Waals surface area contributed by atoms with Crippen molar-refractivity contribution >= 4 is 34.2 Å².